The van der Waals surface area contributed by atoms with Crippen molar-refractivity contribution >= 4 is 38.9 Å². The Bertz CT molecular complexity index is 457. The number of hydrogen-bond donors (Lipinski definition) is 0. The first-order chi connectivity index (χ1) is 6.36. The third-order valence-electron chi connectivity index (χ3n) is 2.56. The number of nitrogens with zero attached hydrogens (tertiary/aromatic N) is 2. The maximum Gasteiger partial charge on any atom is 0.194 e. The summed E-state index contributed by atoms with van der Waals surface area (Å²) in [6.07, 6.45) is 7.16. The molecule has 2 aromatic rings. The molecular weight excluding hydrogens is 295 g/mol. The zero-order valence-corrected chi connectivity index (χ0v) is 10.1. The van der Waals surface area contributed by atoms with Crippen molar-refractivity contribution in [3.05, 3.63) is 20.5 Å². The first-order valence-electron chi connectivity index (χ1n) is 4.50. The van der Waals surface area contributed by atoms with E-state index in [1.165, 1.54) is 40.0 Å². The largest absolute Gasteiger partial charge is 0.282 e. The van der Waals surface area contributed by atoms with Crippen molar-refractivity contribution in [2.75, 3.05) is 0 Å². The highest BCUT2D eigenvalue weighted by Crippen LogP contribution is 2.30. The molecule has 0 aliphatic heterocycles. The molecule has 0 bridgehead atoms. The Kier molecular flexibility index (Phi) is 1.87. The maximum atomic E-state index is 4.40. The molecule has 4 heteroatoms. The predicted molar refractivity (Wildman–Crippen MR) is 62.4 cm³/mol. The monoisotopic (exact) mass is 304 g/mol. The van der Waals surface area contributed by atoms with Crippen LogP contribution in [-0.2, 0) is 12.8 Å². The molecule has 1 aliphatic rings. The van der Waals surface area contributed by atoms with Crippen LogP contribution in [0.1, 0.15) is 23.4 Å². The molecule has 0 radical (unpaired) electrons. The van der Waals surface area contributed by atoms with Crippen LogP contribution in [-0.4, -0.2) is 9.38 Å². The molecule has 1 aliphatic carbocycles. The smallest absolute Gasteiger partial charge is 0.194 e. The van der Waals surface area contributed by atoms with Crippen molar-refractivity contribution in [2.45, 2.75) is 25.7 Å². The van der Waals surface area contributed by atoms with Gasteiger partial charge in [0.25, 0.3) is 0 Å². The Hall–Kier alpha value is -0.100. The fourth-order valence-electron chi connectivity index (χ4n) is 1.95. The minimum atomic E-state index is 1.18. The summed E-state index contributed by atoms with van der Waals surface area (Å²) in [7, 11) is 0. The Morgan fingerprint density at radius 1 is 1.38 bits per heavy atom. The third kappa shape index (κ3) is 1.15. The molecule has 0 aromatic carbocycles. The van der Waals surface area contributed by atoms with Crippen LogP contribution in [0.5, 0.6) is 0 Å². The van der Waals surface area contributed by atoms with E-state index in [1.54, 1.807) is 4.88 Å². The number of imidazole rings is 1. The van der Waals surface area contributed by atoms with Gasteiger partial charge >= 0.3 is 0 Å². The summed E-state index contributed by atoms with van der Waals surface area (Å²) in [5.41, 5.74) is 1.52. The quantitative estimate of drug-likeness (QED) is 0.684. The Balaban J connectivity index is 2.36. The number of aromatic nitrogens is 2. The lowest BCUT2D eigenvalue weighted by Crippen LogP contribution is -2.03. The Labute approximate surface area is 94.1 Å². The molecule has 68 valence electrons. The van der Waals surface area contributed by atoms with Crippen LogP contribution >= 0.6 is 33.9 Å². The lowest BCUT2D eigenvalue weighted by Gasteiger charge is -2.10. The summed E-state index contributed by atoms with van der Waals surface area (Å²) < 4.78 is 3.58. The van der Waals surface area contributed by atoms with Crippen molar-refractivity contribution in [2.24, 2.45) is 0 Å². The van der Waals surface area contributed by atoms with Gasteiger partial charge in [-0.25, -0.2) is 4.98 Å². The van der Waals surface area contributed by atoms with Gasteiger partial charge in [0.15, 0.2) is 4.96 Å². The zero-order chi connectivity index (χ0) is 8.84. The molecule has 2 aromatic heterocycles. The van der Waals surface area contributed by atoms with Gasteiger partial charge in [-0.2, -0.15) is 0 Å². The van der Waals surface area contributed by atoms with Crippen LogP contribution < -0.4 is 0 Å². The van der Waals surface area contributed by atoms with E-state index in [-0.39, 0.29) is 0 Å². The summed E-state index contributed by atoms with van der Waals surface area (Å²) in [5, 5.41) is 0. The van der Waals surface area contributed by atoms with Gasteiger partial charge in [-0.1, -0.05) is 0 Å². The predicted octanol–water partition coefficient (Wildman–Crippen LogP) is 2.88. The number of halogens is 1. The maximum absolute atomic E-state index is 4.40. The summed E-state index contributed by atoms with van der Waals surface area (Å²) in [5.74, 6) is 0. The lowest BCUT2D eigenvalue weighted by atomic mass is 10.0. The second kappa shape index (κ2) is 2.95. The summed E-state index contributed by atoms with van der Waals surface area (Å²) in [6.45, 7) is 0. The van der Waals surface area contributed by atoms with Crippen molar-refractivity contribution in [1.29, 1.82) is 0 Å². The molecule has 0 fully saturated rings. The van der Waals surface area contributed by atoms with Crippen LogP contribution in [0.3, 0.4) is 0 Å². The number of hydrogen-bond acceptors (Lipinski definition) is 2. The van der Waals surface area contributed by atoms with E-state index >= 15 is 0 Å². The van der Waals surface area contributed by atoms with Crippen molar-refractivity contribution in [3.8, 4) is 0 Å². The van der Waals surface area contributed by atoms with Gasteiger partial charge in [0.1, 0.15) is 3.70 Å². The van der Waals surface area contributed by atoms with Gasteiger partial charge in [-0.05, 0) is 48.3 Å². The fraction of sp³-hybridized carbons (Fsp3) is 0.444. The second-order valence-corrected chi connectivity index (χ2v) is 5.55. The molecule has 3 rings (SSSR count). The van der Waals surface area contributed by atoms with E-state index in [9.17, 15) is 0 Å². The van der Waals surface area contributed by atoms with E-state index < -0.39 is 0 Å². The third-order valence-corrected chi connectivity index (χ3v) is 4.48. The lowest BCUT2D eigenvalue weighted by molar-refractivity contribution is 0.673. The molecule has 0 N–H and O–H groups in total. The molecule has 0 spiro atoms. The van der Waals surface area contributed by atoms with Gasteiger partial charge in [0.05, 0.1) is 6.20 Å². The van der Waals surface area contributed by atoms with Crippen LogP contribution in [0.25, 0.3) is 4.96 Å². The molecular formula is C9H9IN2S. The minimum Gasteiger partial charge on any atom is -0.282 e. The molecule has 2 heterocycles. The molecule has 2 nitrogen and oxygen atoms in total. The summed E-state index contributed by atoms with van der Waals surface area (Å²) in [6, 6.07) is 0. The highest BCUT2D eigenvalue weighted by Gasteiger charge is 2.17. The summed E-state index contributed by atoms with van der Waals surface area (Å²) in [4.78, 5) is 7.14. The number of thiazole rings is 1. The molecule has 0 saturated carbocycles. The zero-order valence-electron chi connectivity index (χ0n) is 7.09. The van der Waals surface area contributed by atoms with Gasteiger partial charge in [0, 0.05) is 10.6 Å². The van der Waals surface area contributed by atoms with Gasteiger partial charge in [-0.3, -0.25) is 4.40 Å². The van der Waals surface area contributed by atoms with Crippen molar-refractivity contribution in [1.82, 2.24) is 9.38 Å². The highest BCUT2D eigenvalue weighted by molar-refractivity contribution is 14.1. The van der Waals surface area contributed by atoms with E-state index in [2.05, 4.69) is 32.0 Å². The minimum absolute atomic E-state index is 1.18. The second-order valence-electron chi connectivity index (χ2n) is 3.38. The van der Waals surface area contributed by atoms with Crippen LogP contribution in [0.2, 0.25) is 0 Å². The molecule has 0 unspecified atom stereocenters. The van der Waals surface area contributed by atoms with E-state index in [0.717, 1.165) is 0 Å². The Morgan fingerprint density at radius 2 is 2.23 bits per heavy atom. The van der Waals surface area contributed by atoms with E-state index in [1.807, 2.05) is 17.5 Å². The summed E-state index contributed by atoms with van der Waals surface area (Å²) >= 11 is 4.23. The standard InChI is InChI=1S/C9H9IN2S/c10-8-5-11-9-12(8)6-3-1-2-4-7(6)13-9/h5H,1-4H2. The fourth-order valence-corrected chi connectivity index (χ4v) is 3.96. The average molecular weight is 304 g/mol. The molecule has 13 heavy (non-hydrogen) atoms. The topological polar surface area (TPSA) is 17.3 Å². The van der Waals surface area contributed by atoms with E-state index in [0.29, 0.717) is 0 Å². The normalized spacial score (nSPS) is 16.4. The molecule has 0 saturated heterocycles. The first kappa shape index (κ1) is 8.23. The Morgan fingerprint density at radius 3 is 3.15 bits per heavy atom. The molecule has 0 atom stereocenters. The number of fused-ring (bicyclic) bond motifs is 3. The SMILES string of the molecule is Ic1cnc2sc3c(n12)CCCC3. The highest BCUT2D eigenvalue weighted by atomic mass is 127. The van der Waals surface area contributed by atoms with Crippen molar-refractivity contribution < 1.29 is 0 Å². The van der Waals surface area contributed by atoms with Crippen LogP contribution in [0.4, 0.5) is 0 Å². The first-order valence-corrected chi connectivity index (χ1v) is 6.39. The van der Waals surface area contributed by atoms with Gasteiger partial charge in [-0.15, -0.1) is 11.3 Å². The van der Waals surface area contributed by atoms with Crippen LogP contribution in [0, 0.1) is 3.70 Å². The number of rotatable bonds is 0. The van der Waals surface area contributed by atoms with Crippen molar-refractivity contribution in [3.63, 3.8) is 0 Å². The van der Waals surface area contributed by atoms with Crippen LogP contribution in [0.15, 0.2) is 6.20 Å². The molecule has 0 amide bonds. The van der Waals surface area contributed by atoms with E-state index in [4.69, 9.17) is 0 Å². The van der Waals surface area contributed by atoms with Gasteiger partial charge < -0.3 is 0 Å². The van der Waals surface area contributed by atoms with Gasteiger partial charge in [0.2, 0.25) is 0 Å². The average Bonchev–Trinajstić information content (AvgIpc) is 2.66. The number of aryl methyl sites for hydroxylation is 2.